The van der Waals surface area contributed by atoms with Crippen molar-refractivity contribution >= 4 is 28.6 Å². The summed E-state index contributed by atoms with van der Waals surface area (Å²) in [6.07, 6.45) is 0.742. The highest BCUT2D eigenvalue weighted by Gasteiger charge is 2.13. The Kier molecular flexibility index (Phi) is 4.09. The first-order chi connectivity index (χ1) is 7.13. The van der Waals surface area contributed by atoms with Gasteiger partial charge in [0.05, 0.1) is 18.2 Å². The Morgan fingerprint density at radius 3 is 2.73 bits per heavy atom. The van der Waals surface area contributed by atoms with Gasteiger partial charge in [0.1, 0.15) is 6.07 Å². The van der Waals surface area contributed by atoms with E-state index in [0.29, 0.717) is 11.1 Å². The van der Waals surface area contributed by atoms with Crippen molar-refractivity contribution in [2.45, 2.75) is 13.3 Å². The zero-order valence-electron chi connectivity index (χ0n) is 8.50. The molecule has 0 spiro atoms. The summed E-state index contributed by atoms with van der Waals surface area (Å²) in [5, 5.41) is 8.85. The van der Waals surface area contributed by atoms with E-state index in [-0.39, 0.29) is 5.97 Å². The first-order valence-corrected chi connectivity index (χ1v) is 5.52. The Morgan fingerprint density at radius 2 is 2.27 bits per heavy atom. The van der Waals surface area contributed by atoms with Crippen LogP contribution < -0.4 is 0 Å². The molecule has 0 atom stereocenters. The van der Waals surface area contributed by atoms with Gasteiger partial charge in [0.25, 0.3) is 0 Å². The minimum atomic E-state index is -0.389. The molecular formula is C11H10INO2. The standard InChI is InChI=1S/C11H10INO2/c1-3-7-5-10(12)8(6-13)4-9(7)11(14)15-2/h4-5H,3H2,1-2H3. The second kappa shape index (κ2) is 5.12. The number of hydrogen-bond donors (Lipinski definition) is 0. The van der Waals surface area contributed by atoms with Gasteiger partial charge in [0, 0.05) is 3.57 Å². The van der Waals surface area contributed by atoms with E-state index in [1.165, 1.54) is 7.11 Å². The number of ether oxygens (including phenoxy) is 1. The average Bonchev–Trinajstić information content (AvgIpc) is 2.27. The van der Waals surface area contributed by atoms with Crippen LogP contribution in [0.5, 0.6) is 0 Å². The second-order valence-electron chi connectivity index (χ2n) is 2.95. The van der Waals surface area contributed by atoms with Crippen LogP contribution in [-0.2, 0) is 11.2 Å². The molecule has 1 aromatic rings. The van der Waals surface area contributed by atoms with Crippen LogP contribution in [0, 0.1) is 14.9 Å². The lowest BCUT2D eigenvalue weighted by atomic mass is 10.0. The van der Waals surface area contributed by atoms with E-state index in [0.717, 1.165) is 15.6 Å². The van der Waals surface area contributed by atoms with Crippen LogP contribution in [0.15, 0.2) is 12.1 Å². The summed E-state index contributed by atoms with van der Waals surface area (Å²) < 4.78 is 5.53. The molecule has 0 aromatic heterocycles. The molecule has 78 valence electrons. The van der Waals surface area contributed by atoms with Crippen molar-refractivity contribution in [1.29, 1.82) is 5.26 Å². The smallest absolute Gasteiger partial charge is 0.338 e. The maximum atomic E-state index is 11.4. The molecule has 4 heteroatoms. The molecule has 0 N–H and O–H groups in total. The van der Waals surface area contributed by atoms with Gasteiger partial charge in [0.2, 0.25) is 0 Å². The van der Waals surface area contributed by atoms with Crippen LogP contribution in [0.4, 0.5) is 0 Å². The van der Waals surface area contributed by atoms with Crippen LogP contribution in [-0.4, -0.2) is 13.1 Å². The number of carbonyl (C=O) groups excluding carboxylic acids is 1. The maximum Gasteiger partial charge on any atom is 0.338 e. The van der Waals surface area contributed by atoms with Gasteiger partial charge in [-0.1, -0.05) is 6.92 Å². The fourth-order valence-electron chi connectivity index (χ4n) is 1.29. The van der Waals surface area contributed by atoms with Gasteiger partial charge in [-0.2, -0.15) is 5.26 Å². The summed E-state index contributed by atoms with van der Waals surface area (Å²) >= 11 is 2.09. The average molecular weight is 315 g/mol. The minimum Gasteiger partial charge on any atom is -0.465 e. The van der Waals surface area contributed by atoms with Gasteiger partial charge in [-0.3, -0.25) is 0 Å². The van der Waals surface area contributed by atoms with Crippen molar-refractivity contribution in [3.63, 3.8) is 0 Å². The van der Waals surface area contributed by atoms with E-state index in [4.69, 9.17) is 5.26 Å². The van der Waals surface area contributed by atoms with Crippen molar-refractivity contribution in [2.75, 3.05) is 7.11 Å². The van der Waals surface area contributed by atoms with E-state index in [1.54, 1.807) is 6.07 Å². The summed E-state index contributed by atoms with van der Waals surface area (Å²) in [4.78, 5) is 11.4. The Labute approximate surface area is 102 Å². The fourth-order valence-corrected chi connectivity index (χ4v) is 1.94. The van der Waals surface area contributed by atoms with Gasteiger partial charge >= 0.3 is 5.97 Å². The van der Waals surface area contributed by atoms with E-state index < -0.39 is 0 Å². The van der Waals surface area contributed by atoms with Crippen LogP contribution in [0.3, 0.4) is 0 Å². The molecule has 0 amide bonds. The molecule has 0 bridgehead atoms. The second-order valence-corrected chi connectivity index (χ2v) is 4.11. The molecule has 0 radical (unpaired) electrons. The van der Waals surface area contributed by atoms with Gasteiger partial charge in [-0.25, -0.2) is 4.79 Å². The lowest BCUT2D eigenvalue weighted by Crippen LogP contribution is -2.06. The Balaban J connectivity index is 3.36. The van der Waals surface area contributed by atoms with Gasteiger partial charge in [-0.05, 0) is 46.7 Å². The summed E-state index contributed by atoms with van der Waals surface area (Å²) in [6, 6.07) is 5.49. The van der Waals surface area contributed by atoms with Crippen LogP contribution >= 0.6 is 22.6 Å². The van der Waals surface area contributed by atoms with Gasteiger partial charge < -0.3 is 4.74 Å². The van der Waals surface area contributed by atoms with Crippen molar-refractivity contribution in [2.24, 2.45) is 0 Å². The van der Waals surface area contributed by atoms with Crippen molar-refractivity contribution < 1.29 is 9.53 Å². The number of nitrogens with zero attached hydrogens (tertiary/aromatic N) is 1. The molecule has 0 fully saturated rings. The summed E-state index contributed by atoms with van der Waals surface area (Å²) in [5.74, 6) is -0.389. The predicted molar refractivity (Wildman–Crippen MR) is 64.6 cm³/mol. The Bertz CT molecular complexity index is 435. The minimum absolute atomic E-state index is 0.389. The van der Waals surface area contributed by atoms with Gasteiger partial charge in [0.15, 0.2) is 0 Å². The quantitative estimate of drug-likeness (QED) is 0.622. The molecule has 0 aliphatic carbocycles. The lowest BCUT2D eigenvalue weighted by molar-refractivity contribution is 0.0599. The summed E-state index contributed by atoms with van der Waals surface area (Å²) in [7, 11) is 1.34. The molecule has 1 rings (SSSR count). The molecule has 0 saturated carbocycles. The number of nitriles is 1. The number of methoxy groups -OCH3 is 1. The first kappa shape index (κ1) is 12.0. The Hall–Kier alpha value is -1.09. The highest BCUT2D eigenvalue weighted by atomic mass is 127. The zero-order valence-corrected chi connectivity index (χ0v) is 10.7. The SMILES string of the molecule is CCc1cc(I)c(C#N)cc1C(=O)OC. The molecule has 3 nitrogen and oxygen atoms in total. The molecule has 0 aliphatic heterocycles. The third kappa shape index (κ3) is 2.48. The number of halogens is 1. The highest BCUT2D eigenvalue weighted by molar-refractivity contribution is 14.1. The number of aryl methyl sites for hydroxylation is 1. The summed E-state index contributed by atoms with van der Waals surface area (Å²) in [6.45, 7) is 1.96. The van der Waals surface area contributed by atoms with Crippen LogP contribution in [0.25, 0.3) is 0 Å². The normalized spacial score (nSPS) is 9.47. The van der Waals surface area contributed by atoms with Crippen LogP contribution in [0.1, 0.15) is 28.4 Å². The third-order valence-electron chi connectivity index (χ3n) is 2.10. The van der Waals surface area contributed by atoms with Gasteiger partial charge in [-0.15, -0.1) is 0 Å². The lowest BCUT2D eigenvalue weighted by Gasteiger charge is -2.07. The van der Waals surface area contributed by atoms with E-state index >= 15 is 0 Å². The number of rotatable bonds is 2. The monoisotopic (exact) mass is 315 g/mol. The topological polar surface area (TPSA) is 50.1 Å². The highest BCUT2D eigenvalue weighted by Crippen LogP contribution is 2.19. The first-order valence-electron chi connectivity index (χ1n) is 4.44. The van der Waals surface area contributed by atoms with E-state index in [1.807, 2.05) is 13.0 Å². The predicted octanol–water partition coefficient (Wildman–Crippen LogP) is 2.51. The molecule has 0 aliphatic rings. The van der Waals surface area contributed by atoms with Crippen molar-refractivity contribution in [1.82, 2.24) is 0 Å². The zero-order chi connectivity index (χ0) is 11.4. The molecular weight excluding hydrogens is 305 g/mol. The maximum absolute atomic E-state index is 11.4. The number of benzene rings is 1. The number of esters is 1. The van der Waals surface area contributed by atoms with Crippen LogP contribution in [0.2, 0.25) is 0 Å². The Morgan fingerprint density at radius 1 is 1.60 bits per heavy atom. The van der Waals surface area contributed by atoms with E-state index in [9.17, 15) is 4.79 Å². The molecule has 1 aromatic carbocycles. The third-order valence-corrected chi connectivity index (χ3v) is 2.99. The molecule has 15 heavy (non-hydrogen) atoms. The van der Waals surface area contributed by atoms with Crippen molar-refractivity contribution in [3.8, 4) is 6.07 Å². The molecule has 0 heterocycles. The number of hydrogen-bond acceptors (Lipinski definition) is 3. The summed E-state index contributed by atoms with van der Waals surface area (Å²) in [5.41, 5.74) is 1.90. The molecule has 0 saturated heterocycles. The fraction of sp³-hybridized carbons (Fsp3) is 0.273. The largest absolute Gasteiger partial charge is 0.465 e. The number of carbonyl (C=O) groups is 1. The van der Waals surface area contributed by atoms with E-state index in [2.05, 4.69) is 33.4 Å². The van der Waals surface area contributed by atoms with Crippen molar-refractivity contribution in [3.05, 3.63) is 32.4 Å². The molecule has 0 unspecified atom stereocenters.